The van der Waals surface area contributed by atoms with Crippen molar-refractivity contribution in [2.45, 2.75) is 26.2 Å². The quantitative estimate of drug-likeness (QED) is 0.845. The van der Waals surface area contributed by atoms with Gasteiger partial charge in [0, 0.05) is 6.54 Å². The van der Waals surface area contributed by atoms with Gasteiger partial charge in [0.25, 0.3) is 5.91 Å². The largest absolute Gasteiger partial charge is 0.444 e. The summed E-state index contributed by atoms with van der Waals surface area (Å²) in [4.78, 5) is 14.2. The molecule has 0 atom stereocenters. The monoisotopic (exact) mass is 328 g/mol. The average Bonchev–Trinajstić information content (AvgIpc) is 2.83. The zero-order chi connectivity index (χ0) is 13.7. The number of piperidine rings is 1. The van der Waals surface area contributed by atoms with E-state index in [4.69, 9.17) is 4.42 Å². The number of halogens is 1. The second-order valence-corrected chi connectivity index (χ2v) is 6.02. The van der Waals surface area contributed by atoms with Crippen LogP contribution in [0.15, 0.2) is 21.2 Å². The topological polar surface area (TPSA) is 45.5 Å². The third-order valence-corrected chi connectivity index (χ3v) is 4.04. The van der Waals surface area contributed by atoms with Gasteiger partial charge in [-0.2, -0.15) is 0 Å². The van der Waals surface area contributed by atoms with Crippen LogP contribution in [-0.4, -0.2) is 37.0 Å². The predicted molar refractivity (Wildman–Crippen MR) is 78.2 cm³/mol. The second-order valence-electron chi connectivity index (χ2n) is 5.24. The first kappa shape index (κ1) is 14.6. The highest BCUT2D eigenvalue weighted by Gasteiger charge is 2.15. The van der Waals surface area contributed by atoms with Crippen LogP contribution < -0.4 is 5.32 Å². The molecule has 1 aliphatic rings. The predicted octanol–water partition coefficient (Wildman–Crippen LogP) is 2.89. The first-order valence-corrected chi connectivity index (χ1v) is 7.70. The van der Waals surface area contributed by atoms with Crippen molar-refractivity contribution in [1.82, 2.24) is 10.2 Å². The van der Waals surface area contributed by atoms with Crippen molar-refractivity contribution in [2.75, 3.05) is 26.2 Å². The maximum absolute atomic E-state index is 11.7. The molecular weight excluding hydrogens is 308 g/mol. The second kappa shape index (κ2) is 7.10. The average molecular weight is 329 g/mol. The minimum atomic E-state index is -0.141. The molecule has 5 heteroatoms. The van der Waals surface area contributed by atoms with E-state index in [0.29, 0.717) is 17.0 Å². The summed E-state index contributed by atoms with van der Waals surface area (Å²) in [5.41, 5.74) is 0. The van der Waals surface area contributed by atoms with Gasteiger partial charge >= 0.3 is 0 Å². The van der Waals surface area contributed by atoms with E-state index >= 15 is 0 Å². The Balaban J connectivity index is 1.60. The molecule has 0 aromatic carbocycles. The lowest BCUT2D eigenvalue weighted by molar-refractivity contribution is 0.0921. The lowest BCUT2D eigenvalue weighted by Gasteiger charge is -2.30. The maximum Gasteiger partial charge on any atom is 0.287 e. The minimum Gasteiger partial charge on any atom is -0.444 e. The highest BCUT2D eigenvalue weighted by Crippen LogP contribution is 2.16. The van der Waals surface area contributed by atoms with Crippen LogP contribution in [0.1, 0.15) is 36.7 Å². The van der Waals surface area contributed by atoms with Crippen LogP contribution in [0.2, 0.25) is 0 Å². The van der Waals surface area contributed by atoms with Gasteiger partial charge < -0.3 is 14.6 Å². The lowest BCUT2D eigenvalue weighted by Crippen LogP contribution is -2.35. The Morgan fingerprint density at radius 3 is 2.84 bits per heavy atom. The van der Waals surface area contributed by atoms with E-state index in [1.165, 1.54) is 25.9 Å². The molecule has 1 aromatic rings. The Kier molecular flexibility index (Phi) is 5.45. The molecule has 1 N–H and O–H groups in total. The molecule has 106 valence electrons. The normalized spacial score (nSPS) is 17.6. The number of likely N-dealkylation sites (tertiary alicyclic amines) is 1. The Bertz CT molecular complexity index is 411. The highest BCUT2D eigenvalue weighted by molar-refractivity contribution is 9.10. The first-order chi connectivity index (χ1) is 9.15. The number of hydrogen-bond donors (Lipinski definition) is 1. The van der Waals surface area contributed by atoms with Gasteiger partial charge in [-0.3, -0.25) is 4.79 Å². The van der Waals surface area contributed by atoms with Crippen LogP contribution >= 0.6 is 15.9 Å². The van der Waals surface area contributed by atoms with Gasteiger partial charge in [0.2, 0.25) is 0 Å². The molecule has 1 aromatic heterocycles. The molecule has 0 unspecified atom stereocenters. The van der Waals surface area contributed by atoms with Gasteiger partial charge in [-0.05, 0) is 72.9 Å². The molecule has 0 radical (unpaired) electrons. The number of furan rings is 1. The standard InChI is InChI=1S/C14H21BrN2O2/c1-11-5-9-17(10-6-11)8-2-7-16-14(18)12-3-4-13(15)19-12/h3-4,11H,2,5-10H2,1H3,(H,16,18). The van der Waals surface area contributed by atoms with Gasteiger partial charge in [-0.1, -0.05) is 6.92 Å². The van der Waals surface area contributed by atoms with E-state index in [2.05, 4.69) is 33.1 Å². The molecule has 1 fully saturated rings. The van der Waals surface area contributed by atoms with Gasteiger partial charge in [-0.15, -0.1) is 0 Å². The van der Waals surface area contributed by atoms with E-state index in [0.717, 1.165) is 18.9 Å². The fraction of sp³-hybridized carbons (Fsp3) is 0.643. The van der Waals surface area contributed by atoms with Gasteiger partial charge in [0.05, 0.1) is 0 Å². The first-order valence-electron chi connectivity index (χ1n) is 6.91. The van der Waals surface area contributed by atoms with Crippen LogP contribution in [0, 0.1) is 5.92 Å². The van der Waals surface area contributed by atoms with Crippen molar-refractivity contribution < 1.29 is 9.21 Å². The third kappa shape index (κ3) is 4.66. The zero-order valence-corrected chi connectivity index (χ0v) is 12.9. The molecule has 2 heterocycles. The van der Waals surface area contributed by atoms with Crippen LogP contribution in [0.5, 0.6) is 0 Å². The molecule has 1 aliphatic heterocycles. The summed E-state index contributed by atoms with van der Waals surface area (Å²) in [7, 11) is 0. The van der Waals surface area contributed by atoms with Crippen LogP contribution in [0.3, 0.4) is 0 Å². The Morgan fingerprint density at radius 2 is 2.21 bits per heavy atom. The third-order valence-electron chi connectivity index (χ3n) is 3.61. The number of carbonyl (C=O) groups is 1. The van der Waals surface area contributed by atoms with E-state index in [1.807, 2.05) is 0 Å². The molecule has 1 amide bonds. The fourth-order valence-corrected chi connectivity index (χ4v) is 2.62. The van der Waals surface area contributed by atoms with Crippen LogP contribution in [-0.2, 0) is 0 Å². The summed E-state index contributed by atoms with van der Waals surface area (Å²) < 4.78 is 5.78. The van der Waals surface area contributed by atoms with Crippen molar-refractivity contribution >= 4 is 21.8 Å². The summed E-state index contributed by atoms with van der Waals surface area (Å²) in [5, 5.41) is 2.88. The molecule has 19 heavy (non-hydrogen) atoms. The molecule has 2 rings (SSSR count). The van der Waals surface area contributed by atoms with E-state index in [9.17, 15) is 4.79 Å². The van der Waals surface area contributed by atoms with Crippen molar-refractivity contribution in [3.8, 4) is 0 Å². The number of nitrogens with zero attached hydrogens (tertiary/aromatic N) is 1. The number of rotatable bonds is 5. The van der Waals surface area contributed by atoms with Crippen molar-refractivity contribution in [3.05, 3.63) is 22.6 Å². The smallest absolute Gasteiger partial charge is 0.287 e. The summed E-state index contributed by atoms with van der Waals surface area (Å²) in [6, 6.07) is 3.40. The number of nitrogens with one attached hydrogen (secondary N) is 1. The molecule has 0 spiro atoms. The molecule has 0 aliphatic carbocycles. The van der Waals surface area contributed by atoms with Gasteiger partial charge in [0.1, 0.15) is 0 Å². The Morgan fingerprint density at radius 1 is 1.47 bits per heavy atom. The Labute approximate surface area is 122 Å². The number of amides is 1. The lowest BCUT2D eigenvalue weighted by atomic mass is 9.99. The Hall–Kier alpha value is -0.810. The summed E-state index contributed by atoms with van der Waals surface area (Å²) in [5.74, 6) is 1.09. The molecular formula is C14H21BrN2O2. The number of hydrogen-bond acceptors (Lipinski definition) is 3. The van der Waals surface area contributed by atoms with Crippen molar-refractivity contribution in [2.24, 2.45) is 5.92 Å². The van der Waals surface area contributed by atoms with E-state index in [-0.39, 0.29) is 5.91 Å². The molecule has 0 saturated carbocycles. The zero-order valence-electron chi connectivity index (χ0n) is 11.3. The van der Waals surface area contributed by atoms with Crippen LogP contribution in [0.4, 0.5) is 0 Å². The fourth-order valence-electron chi connectivity index (χ4n) is 2.31. The number of carbonyl (C=O) groups excluding carboxylic acids is 1. The highest BCUT2D eigenvalue weighted by atomic mass is 79.9. The van der Waals surface area contributed by atoms with E-state index < -0.39 is 0 Å². The summed E-state index contributed by atoms with van der Waals surface area (Å²) in [6.45, 7) is 6.47. The van der Waals surface area contributed by atoms with E-state index in [1.54, 1.807) is 12.1 Å². The minimum absolute atomic E-state index is 0.141. The SMILES string of the molecule is CC1CCN(CCCNC(=O)c2ccc(Br)o2)CC1. The summed E-state index contributed by atoms with van der Waals surface area (Å²) >= 11 is 3.19. The summed E-state index contributed by atoms with van der Waals surface area (Å²) in [6.07, 6.45) is 3.58. The van der Waals surface area contributed by atoms with Crippen LogP contribution in [0.25, 0.3) is 0 Å². The maximum atomic E-state index is 11.7. The van der Waals surface area contributed by atoms with Crippen molar-refractivity contribution in [3.63, 3.8) is 0 Å². The molecule has 1 saturated heterocycles. The van der Waals surface area contributed by atoms with Crippen molar-refractivity contribution in [1.29, 1.82) is 0 Å². The van der Waals surface area contributed by atoms with Gasteiger partial charge in [-0.25, -0.2) is 0 Å². The van der Waals surface area contributed by atoms with Gasteiger partial charge in [0.15, 0.2) is 10.4 Å². The molecule has 4 nitrogen and oxygen atoms in total. The molecule has 0 bridgehead atoms.